The first-order valence-electron chi connectivity index (χ1n) is 7.79. The van der Waals surface area contributed by atoms with Crippen molar-refractivity contribution >= 4 is 63.6 Å². The predicted molar refractivity (Wildman–Crippen MR) is 107 cm³/mol. The summed E-state index contributed by atoms with van der Waals surface area (Å²) in [4.78, 5) is 34.8. The van der Waals surface area contributed by atoms with Crippen LogP contribution in [0.2, 0.25) is 0 Å². The largest absolute Gasteiger partial charge is 0.462 e. The van der Waals surface area contributed by atoms with E-state index < -0.39 is 11.9 Å². The summed E-state index contributed by atoms with van der Waals surface area (Å²) in [5.74, 6) is -1.30. The summed E-state index contributed by atoms with van der Waals surface area (Å²) in [6.45, 7) is 10.9. The molecule has 0 amide bonds. The fraction of sp³-hybridized carbons (Fsp3) is 0.222. The van der Waals surface area contributed by atoms with Crippen molar-refractivity contribution in [2.45, 2.75) is 13.8 Å². The third-order valence-electron chi connectivity index (χ3n) is 3.13. The summed E-state index contributed by atoms with van der Waals surface area (Å²) in [7, 11) is 0. The minimum Gasteiger partial charge on any atom is -0.462 e. The van der Waals surface area contributed by atoms with E-state index in [9.17, 15) is 9.59 Å². The second-order valence-corrected chi connectivity index (χ2v) is 6.89. The van der Waals surface area contributed by atoms with E-state index in [1.54, 1.807) is 26.1 Å². The number of carbonyl (C=O) groups is 2. The number of nitrogens with zero attached hydrogens (tertiary/aromatic N) is 2. The van der Waals surface area contributed by atoms with E-state index in [-0.39, 0.29) is 29.3 Å². The molecule has 0 bridgehead atoms. The third-order valence-corrected chi connectivity index (χ3v) is 5.18. The quantitative estimate of drug-likeness (QED) is 0.475. The van der Waals surface area contributed by atoms with Gasteiger partial charge < -0.3 is 9.47 Å². The molecule has 2 heterocycles. The Morgan fingerprint density at radius 1 is 1.04 bits per heavy atom. The average molecular weight is 390 g/mol. The molecule has 0 fully saturated rings. The van der Waals surface area contributed by atoms with Crippen LogP contribution < -0.4 is 0 Å². The number of rotatable bonds is 8. The van der Waals surface area contributed by atoms with E-state index in [1.165, 1.54) is 11.3 Å². The number of esters is 2. The lowest BCUT2D eigenvalue weighted by molar-refractivity contribution is 0.0481. The van der Waals surface area contributed by atoms with Crippen LogP contribution in [0, 0.1) is 0 Å². The van der Waals surface area contributed by atoms with Gasteiger partial charge in [-0.1, -0.05) is 24.0 Å². The van der Waals surface area contributed by atoms with Crippen LogP contribution >= 0.6 is 22.7 Å². The van der Waals surface area contributed by atoms with Crippen molar-refractivity contribution in [3.63, 3.8) is 0 Å². The highest BCUT2D eigenvalue weighted by Gasteiger charge is 2.30. The topological polar surface area (TPSA) is 77.3 Å². The first-order valence-corrected chi connectivity index (χ1v) is 9.43. The van der Waals surface area contributed by atoms with E-state index in [4.69, 9.17) is 9.47 Å². The van der Waals surface area contributed by atoms with Gasteiger partial charge in [-0.25, -0.2) is 14.6 Å². The lowest BCUT2D eigenvalue weighted by Gasteiger charge is -2.05. The van der Waals surface area contributed by atoms with Gasteiger partial charge in [0.1, 0.15) is 21.1 Å². The molecule has 2 aromatic rings. The van der Waals surface area contributed by atoms with E-state index in [1.807, 2.05) is 12.1 Å². The molecule has 0 aliphatic heterocycles. The first-order chi connectivity index (χ1) is 12.5. The molecule has 2 aromatic heterocycles. The summed E-state index contributed by atoms with van der Waals surface area (Å²) in [6.07, 6.45) is 3.36. The monoisotopic (exact) mass is 390 g/mol. The van der Waals surface area contributed by atoms with Gasteiger partial charge in [-0.2, -0.15) is 0 Å². The number of hydrogen-bond donors (Lipinski definition) is 0. The minimum absolute atomic E-state index is 0.0374. The van der Waals surface area contributed by atoms with Crippen LogP contribution in [0.1, 0.15) is 44.3 Å². The van der Waals surface area contributed by atoms with Crippen LogP contribution in [0.5, 0.6) is 0 Å². The summed E-state index contributed by atoms with van der Waals surface area (Å²) in [5, 5.41) is 0.596. The molecule has 26 heavy (non-hydrogen) atoms. The Bertz CT molecular complexity index is 865. The SMILES string of the molecule is C=Cc1ccc(C=Nc2sc(N=C)c(C(=O)OCC)c2C(=O)OCC)s1. The molecule has 8 heteroatoms. The molecule has 0 saturated heterocycles. The molecule has 0 radical (unpaired) electrons. The molecule has 0 spiro atoms. The molecule has 0 aromatic carbocycles. The third kappa shape index (κ3) is 4.33. The lowest BCUT2D eigenvalue weighted by Crippen LogP contribution is -2.12. The molecular formula is C18H18N2O4S2. The normalized spacial score (nSPS) is 10.7. The second-order valence-electron chi connectivity index (χ2n) is 4.76. The molecule has 0 unspecified atom stereocenters. The number of ether oxygens (including phenoxy) is 2. The van der Waals surface area contributed by atoms with Crippen LogP contribution in [-0.2, 0) is 9.47 Å². The zero-order valence-electron chi connectivity index (χ0n) is 14.5. The predicted octanol–water partition coefficient (Wildman–Crippen LogP) is 4.89. The highest BCUT2D eigenvalue weighted by atomic mass is 32.1. The van der Waals surface area contributed by atoms with Crippen molar-refractivity contribution in [2.75, 3.05) is 13.2 Å². The Kier molecular flexibility index (Phi) is 6.99. The van der Waals surface area contributed by atoms with E-state index in [2.05, 4.69) is 23.3 Å². The minimum atomic E-state index is -0.652. The first kappa shape index (κ1) is 19.7. The van der Waals surface area contributed by atoms with Gasteiger partial charge in [-0.15, -0.1) is 11.3 Å². The van der Waals surface area contributed by atoms with Gasteiger partial charge >= 0.3 is 11.9 Å². The zero-order chi connectivity index (χ0) is 19.1. The van der Waals surface area contributed by atoms with E-state index in [0.717, 1.165) is 21.1 Å². The van der Waals surface area contributed by atoms with Crippen molar-refractivity contribution in [1.29, 1.82) is 0 Å². The summed E-state index contributed by atoms with van der Waals surface area (Å²) >= 11 is 2.58. The fourth-order valence-electron chi connectivity index (χ4n) is 2.06. The van der Waals surface area contributed by atoms with Gasteiger partial charge in [-0.05, 0) is 32.7 Å². The Morgan fingerprint density at radius 3 is 2.12 bits per heavy atom. The maximum absolute atomic E-state index is 12.4. The Hall–Kier alpha value is -2.58. The average Bonchev–Trinajstić information content (AvgIpc) is 3.24. The van der Waals surface area contributed by atoms with E-state index >= 15 is 0 Å². The van der Waals surface area contributed by atoms with Crippen molar-refractivity contribution < 1.29 is 19.1 Å². The van der Waals surface area contributed by atoms with Crippen LogP contribution in [0.15, 0.2) is 28.7 Å². The van der Waals surface area contributed by atoms with Crippen molar-refractivity contribution in [3.05, 3.63) is 39.6 Å². The number of thiophene rings is 2. The molecule has 2 rings (SSSR count). The van der Waals surface area contributed by atoms with Gasteiger partial charge in [0.15, 0.2) is 0 Å². The number of carbonyl (C=O) groups excluding carboxylic acids is 2. The molecule has 0 aliphatic carbocycles. The van der Waals surface area contributed by atoms with Gasteiger partial charge in [0, 0.05) is 16.0 Å². The molecule has 0 saturated carbocycles. The maximum atomic E-state index is 12.4. The van der Waals surface area contributed by atoms with Crippen LogP contribution in [0.4, 0.5) is 10.0 Å². The summed E-state index contributed by atoms with van der Waals surface area (Å²) < 4.78 is 10.1. The summed E-state index contributed by atoms with van der Waals surface area (Å²) in [6, 6.07) is 3.81. The number of hydrogen-bond acceptors (Lipinski definition) is 8. The second kappa shape index (κ2) is 9.21. The zero-order valence-corrected chi connectivity index (χ0v) is 16.1. The molecular weight excluding hydrogens is 372 g/mol. The Morgan fingerprint density at radius 2 is 1.62 bits per heavy atom. The van der Waals surface area contributed by atoms with Crippen molar-refractivity contribution in [2.24, 2.45) is 9.98 Å². The smallest absolute Gasteiger partial charge is 0.342 e. The maximum Gasteiger partial charge on any atom is 0.342 e. The van der Waals surface area contributed by atoms with Crippen LogP contribution in [-0.4, -0.2) is 38.1 Å². The van der Waals surface area contributed by atoms with Crippen LogP contribution in [0.25, 0.3) is 6.08 Å². The molecule has 136 valence electrons. The highest BCUT2D eigenvalue weighted by molar-refractivity contribution is 7.20. The molecule has 6 nitrogen and oxygen atoms in total. The van der Waals surface area contributed by atoms with Gasteiger partial charge in [0.25, 0.3) is 0 Å². The molecule has 0 N–H and O–H groups in total. The molecule has 0 aliphatic rings. The van der Waals surface area contributed by atoms with Crippen molar-refractivity contribution in [1.82, 2.24) is 0 Å². The Balaban J connectivity index is 2.52. The standard InChI is InChI=1S/C18H18N2O4S2/c1-5-11-8-9-12(25-11)10-20-16-14(18(22)24-7-3)13(15(19-4)26-16)17(21)23-6-2/h5,8-10H,1,4,6-7H2,2-3H3. The van der Waals surface area contributed by atoms with E-state index in [0.29, 0.717) is 5.00 Å². The molecule has 0 atom stereocenters. The van der Waals surface area contributed by atoms with Gasteiger partial charge in [0.2, 0.25) is 0 Å². The number of aliphatic imine (C=N–C) groups is 2. The van der Waals surface area contributed by atoms with Crippen molar-refractivity contribution in [3.8, 4) is 0 Å². The Labute approximate surface area is 159 Å². The lowest BCUT2D eigenvalue weighted by atomic mass is 10.1. The van der Waals surface area contributed by atoms with Crippen LogP contribution in [0.3, 0.4) is 0 Å². The van der Waals surface area contributed by atoms with Gasteiger partial charge in [-0.3, -0.25) is 4.99 Å². The van der Waals surface area contributed by atoms with Gasteiger partial charge in [0.05, 0.1) is 13.2 Å². The summed E-state index contributed by atoms with van der Waals surface area (Å²) in [5.41, 5.74) is 0.0878. The highest BCUT2D eigenvalue weighted by Crippen LogP contribution is 2.42. The fourth-order valence-corrected chi connectivity index (χ4v) is 3.73.